The van der Waals surface area contributed by atoms with Gasteiger partial charge in [0.15, 0.2) is 5.69 Å². The highest BCUT2D eigenvalue weighted by Crippen LogP contribution is 2.33. The van der Waals surface area contributed by atoms with Gasteiger partial charge in [-0.15, -0.1) is 0 Å². The highest BCUT2D eigenvalue weighted by Gasteiger charge is 2.40. The second-order valence-corrected chi connectivity index (χ2v) is 3.35. The molecule has 1 aliphatic rings. The normalized spacial score (nSPS) is 18.3. The minimum absolute atomic E-state index is 0.277. The standard InChI is InChI=1S/C11H11NO2/c1-12-10-5-3-9(4-6-10)11(13-2)7-14-8-11/h3-6H,7-8H2,2H3. The van der Waals surface area contributed by atoms with Crippen LogP contribution in [0.15, 0.2) is 24.3 Å². The first-order valence-electron chi connectivity index (χ1n) is 4.42. The molecule has 1 saturated heterocycles. The van der Waals surface area contributed by atoms with Crippen LogP contribution in [0.3, 0.4) is 0 Å². The van der Waals surface area contributed by atoms with Gasteiger partial charge in [-0.05, 0) is 5.56 Å². The van der Waals surface area contributed by atoms with E-state index in [0.29, 0.717) is 18.9 Å². The number of nitrogens with zero attached hydrogens (tertiary/aromatic N) is 1. The van der Waals surface area contributed by atoms with Crippen molar-refractivity contribution in [1.29, 1.82) is 0 Å². The summed E-state index contributed by atoms with van der Waals surface area (Å²) in [5.41, 5.74) is 1.46. The van der Waals surface area contributed by atoms with Gasteiger partial charge in [-0.1, -0.05) is 24.3 Å². The van der Waals surface area contributed by atoms with Crippen molar-refractivity contribution in [3.63, 3.8) is 0 Å². The lowest BCUT2D eigenvalue weighted by atomic mass is 9.92. The van der Waals surface area contributed by atoms with Crippen molar-refractivity contribution in [2.24, 2.45) is 0 Å². The maximum Gasteiger partial charge on any atom is 0.187 e. The van der Waals surface area contributed by atoms with Crippen LogP contribution in [0.2, 0.25) is 0 Å². The molecule has 0 aliphatic carbocycles. The molecule has 1 fully saturated rings. The molecule has 0 unspecified atom stereocenters. The van der Waals surface area contributed by atoms with Crippen LogP contribution < -0.4 is 0 Å². The summed E-state index contributed by atoms with van der Waals surface area (Å²) in [6.07, 6.45) is 0. The molecule has 1 aliphatic heterocycles. The van der Waals surface area contributed by atoms with E-state index in [1.165, 1.54) is 0 Å². The van der Waals surface area contributed by atoms with E-state index in [0.717, 1.165) is 5.56 Å². The molecule has 0 spiro atoms. The number of benzene rings is 1. The molecule has 3 heteroatoms. The van der Waals surface area contributed by atoms with E-state index in [2.05, 4.69) is 4.85 Å². The van der Waals surface area contributed by atoms with Gasteiger partial charge in [-0.3, -0.25) is 0 Å². The Labute approximate surface area is 83.1 Å². The highest BCUT2D eigenvalue weighted by atomic mass is 16.6. The lowest BCUT2D eigenvalue weighted by molar-refractivity contribution is -0.202. The van der Waals surface area contributed by atoms with Gasteiger partial charge in [0.25, 0.3) is 0 Å². The van der Waals surface area contributed by atoms with Crippen LogP contribution in [-0.4, -0.2) is 20.3 Å². The Morgan fingerprint density at radius 1 is 1.36 bits per heavy atom. The maximum atomic E-state index is 6.84. The zero-order chi connectivity index (χ0) is 10.0. The monoisotopic (exact) mass is 189 g/mol. The van der Waals surface area contributed by atoms with Crippen molar-refractivity contribution in [3.8, 4) is 0 Å². The Kier molecular flexibility index (Phi) is 2.24. The molecule has 3 nitrogen and oxygen atoms in total. The third-order valence-corrected chi connectivity index (χ3v) is 2.58. The van der Waals surface area contributed by atoms with Crippen LogP contribution in [0, 0.1) is 6.57 Å². The fourth-order valence-corrected chi connectivity index (χ4v) is 1.53. The summed E-state index contributed by atoms with van der Waals surface area (Å²) in [4.78, 5) is 3.34. The largest absolute Gasteiger partial charge is 0.375 e. The summed E-state index contributed by atoms with van der Waals surface area (Å²) in [5, 5.41) is 0. The number of methoxy groups -OCH3 is 1. The zero-order valence-corrected chi connectivity index (χ0v) is 7.99. The van der Waals surface area contributed by atoms with Gasteiger partial charge in [0.2, 0.25) is 0 Å². The third kappa shape index (κ3) is 1.29. The van der Waals surface area contributed by atoms with Gasteiger partial charge in [-0.25, -0.2) is 4.85 Å². The molecule has 14 heavy (non-hydrogen) atoms. The molecule has 0 atom stereocenters. The molecular formula is C11H11NO2. The van der Waals surface area contributed by atoms with Gasteiger partial charge in [0.1, 0.15) is 5.60 Å². The second kappa shape index (κ2) is 3.41. The van der Waals surface area contributed by atoms with E-state index in [1.807, 2.05) is 12.1 Å². The smallest absolute Gasteiger partial charge is 0.187 e. The highest BCUT2D eigenvalue weighted by molar-refractivity contribution is 5.46. The Morgan fingerprint density at radius 3 is 2.36 bits per heavy atom. The van der Waals surface area contributed by atoms with Crippen LogP contribution in [0.1, 0.15) is 5.56 Å². The molecule has 0 bridgehead atoms. The number of ether oxygens (including phenoxy) is 2. The van der Waals surface area contributed by atoms with E-state index < -0.39 is 0 Å². The van der Waals surface area contributed by atoms with Gasteiger partial charge in [0.05, 0.1) is 19.8 Å². The van der Waals surface area contributed by atoms with Gasteiger partial charge in [-0.2, -0.15) is 0 Å². The van der Waals surface area contributed by atoms with Crippen molar-refractivity contribution in [2.75, 3.05) is 20.3 Å². The van der Waals surface area contributed by atoms with Crippen molar-refractivity contribution in [1.82, 2.24) is 0 Å². The van der Waals surface area contributed by atoms with Crippen molar-refractivity contribution in [2.45, 2.75) is 5.60 Å². The molecule has 0 radical (unpaired) electrons. The Morgan fingerprint density at radius 2 is 2.00 bits per heavy atom. The quantitative estimate of drug-likeness (QED) is 0.665. The fourth-order valence-electron chi connectivity index (χ4n) is 1.53. The molecular weight excluding hydrogens is 178 g/mol. The minimum Gasteiger partial charge on any atom is -0.375 e. The average Bonchev–Trinajstić information content (AvgIpc) is 2.18. The van der Waals surface area contributed by atoms with E-state index in [4.69, 9.17) is 16.0 Å². The van der Waals surface area contributed by atoms with Crippen LogP contribution in [0.5, 0.6) is 0 Å². The molecule has 0 amide bonds. The summed E-state index contributed by atoms with van der Waals surface area (Å²) >= 11 is 0. The van der Waals surface area contributed by atoms with Crippen molar-refractivity contribution < 1.29 is 9.47 Å². The van der Waals surface area contributed by atoms with Crippen LogP contribution in [-0.2, 0) is 15.1 Å². The average molecular weight is 189 g/mol. The molecule has 72 valence electrons. The molecule has 0 aromatic heterocycles. The minimum atomic E-state index is -0.277. The summed E-state index contributed by atoms with van der Waals surface area (Å²) in [6.45, 7) is 8.04. The van der Waals surface area contributed by atoms with E-state index in [1.54, 1.807) is 19.2 Å². The van der Waals surface area contributed by atoms with E-state index in [9.17, 15) is 0 Å². The zero-order valence-electron chi connectivity index (χ0n) is 7.99. The first-order valence-corrected chi connectivity index (χ1v) is 4.42. The number of rotatable bonds is 2. The molecule has 1 heterocycles. The Bertz CT molecular complexity index is 354. The van der Waals surface area contributed by atoms with E-state index in [-0.39, 0.29) is 5.60 Å². The van der Waals surface area contributed by atoms with Gasteiger partial charge >= 0.3 is 0 Å². The Hall–Kier alpha value is -1.37. The molecule has 1 aromatic carbocycles. The predicted octanol–water partition coefficient (Wildman–Crippen LogP) is 2.11. The first kappa shape index (κ1) is 9.20. The summed E-state index contributed by atoms with van der Waals surface area (Å²) < 4.78 is 10.6. The van der Waals surface area contributed by atoms with Crippen molar-refractivity contribution in [3.05, 3.63) is 41.2 Å². The second-order valence-electron chi connectivity index (χ2n) is 3.35. The first-order chi connectivity index (χ1) is 6.80. The molecule has 1 aromatic rings. The summed E-state index contributed by atoms with van der Waals surface area (Å²) in [7, 11) is 1.69. The van der Waals surface area contributed by atoms with Crippen LogP contribution in [0.4, 0.5) is 5.69 Å². The van der Waals surface area contributed by atoms with Gasteiger partial charge in [0, 0.05) is 7.11 Å². The van der Waals surface area contributed by atoms with Crippen LogP contribution in [0.25, 0.3) is 4.85 Å². The molecule has 2 rings (SSSR count). The third-order valence-electron chi connectivity index (χ3n) is 2.58. The van der Waals surface area contributed by atoms with Crippen molar-refractivity contribution >= 4 is 5.69 Å². The summed E-state index contributed by atoms with van der Waals surface area (Å²) in [6, 6.07) is 7.47. The summed E-state index contributed by atoms with van der Waals surface area (Å²) in [5.74, 6) is 0. The van der Waals surface area contributed by atoms with Gasteiger partial charge < -0.3 is 9.47 Å². The SMILES string of the molecule is [C-]#[N+]c1ccc(C2(OC)COC2)cc1. The lowest BCUT2D eigenvalue weighted by Crippen LogP contribution is -2.48. The molecule has 0 N–H and O–H groups in total. The number of hydrogen-bond donors (Lipinski definition) is 0. The van der Waals surface area contributed by atoms with E-state index >= 15 is 0 Å². The fraction of sp³-hybridized carbons (Fsp3) is 0.364. The van der Waals surface area contributed by atoms with Crippen LogP contribution >= 0.6 is 0 Å². The molecule has 0 saturated carbocycles. The maximum absolute atomic E-state index is 6.84. The Balaban J connectivity index is 2.29. The number of hydrogen-bond acceptors (Lipinski definition) is 2. The topological polar surface area (TPSA) is 22.8 Å². The lowest BCUT2D eigenvalue weighted by Gasteiger charge is -2.40. The predicted molar refractivity (Wildman–Crippen MR) is 52.2 cm³/mol.